The van der Waals surface area contributed by atoms with Crippen LogP contribution in [0.25, 0.3) is 4.96 Å². The number of hydrogen-bond donors (Lipinski definition) is 2. The van der Waals surface area contributed by atoms with Gasteiger partial charge in [-0.3, -0.25) is 14.4 Å². The van der Waals surface area contributed by atoms with Crippen LogP contribution >= 0.6 is 11.3 Å². The molecule has 2 amide bonds. The number of nitrogens with zero attached hydrogens (tertiary/aromatic N) is 2. The standard InChI is InChI=1S/C28H28N4O5S/c1-5-9-19-15-22(33)32-23(25(34)29-20-12-8-11-18(14-20)27(36)37-16(2)3)24(38-28(32)30-19)26(35)31-21-13-7-6-10-17(21)4/h6-8,10-16H,5,9H2,1-4H3,(H,29,34)(H,31,35). The molecule has 2 N–H and O–H groups in total. The average Bonchev–Trinajstić information content (AvgIpc) is 3.26. The van der Waals surface area contributed by atoms with Crippen LogP contribution in [0, 0.1) is 6.92 Å². The maximum absolute atomic E-state index is 13.6. The molecule has 2 heterocycles. The lowest BCUT2D eigenvalue weighted by atomic mass is 10.2. The van der Waals surface area contributed by atoms with Crippen molar-refractivity contribution in [1.82, 2.24) is 9.38 Å². The molecule has 2 aromatic heterocycles. The Morgan fingerprint density at radius 1 is 1.03 bits per heavy atom. The number of amides is 2. The van der Waals surface area contributed by atoms with Crippen LogP contribution in [0.15, 0.2) is 59.4 Å². The Morgan fingerprint density at radius 2 is 1.79 bits per heavy atom. The van der Waals surface area contributed by atoms with Crippen molar-refractivity contribution < 1.29 is 19.1 Å². The van der Waals surface area contributed by atoms with Gasteiger partial charge in [-0.1, -0.05) is 48.9 Å². The minimum Gasteiger partial charge on any atom is -0.459 e. The van der Waals surface area contributed by atoms with Crippen LogP contribution in [0.3, 0.4) is 0 Å². The van der Waals surface area contributed by atoms with Crippen molar-refractivity contribution in [2.24, 2.45) is 0 Å². The van der Waals surface area contributed by atoms with E-state index in [1.54, 1.807) is 44.2 Å². The summed E-state index contributed by atoms with van der Waals surface area (Å²) >= 11 is 0.970. The van der Waals surface area contributed by atoms with Gasteiger partial charge in [-0.25, -0.2) is 14.2 Å². The van der Waals surface area contributed by atoms with Gasteiger partial charge in [-0.05, 0) is 57.0 Å². The molecule has 0 unspecified atom stereocenters. The van der Waals surface area contributed by atoms with E-state index in [9.17, 15) is 19.2 Å². The van der Waals surface area contributed by atoms with Crippen molar-refractivity contribution in [2.45, 2.75) is 46.6 Å². The zero-order chi connectivity index (χ0) is 27.4. The summed E-state index contributed by atoms with van der Waals surface area (Å²) in [6.45, 7) is 7.32. The van der Waals surface area contributed by atoms with Crippen LogP contribution in [-0.2, 0) is 11.2 Å². The van der Waals surface area contributed by atoms with E-state index in [1.165, 1.54) is 12.1 Å². The number of aryl methyl sites for hydroxylation is 2. The number of nitrogens with one attached hydrogen (secondary N) is 2. The molecule has 10 heteroatoms. The van der Waals surface area contributed by atoms with Crippen molar-refractivity contribution in [3.8, 4) is 0 Å². The van der Waals surface area contributed by atoms with E-state index < -0.39 is 23.3 Å². The predicted molar refractivity (Wildman–Crippen MR) is 147 cm³/mol. The maximum atomic E-state index is 13.6. The molecule has 0 bridgehead atoms. The third-order valence-corrected chi connectivity index (χ3v) is 6.63. The van der Waals surface area contributed by atoms with E-state index in [1.807, 2.05) is 26.0 Å². The maximum Gasteiger partial charge on any atom is 0.338 e. The highest BCUT2D eigenvalue weighted by atomic mass is 32.1. The highest BCUT2D eigenvalue weighted by Gasteiger charge is 2.27. The number of thiazole rings is 1. The van der Waals surface area contributed by atoms with Gasteiger partial charge in [0.2, 0.25) is 0 Å². The van der Waals surface area contributed by atoms with Gasteiger partial charge in [-0.15, -0.1) is 0 Å². The first-order valence-corrected chi connectivity index (χ1v) is 13.0. The van der Waals surface area contributed by atoms with E-state index in [2.05, 4.69) is 15.6 Å². The summed E-state index contributed by atoms with van der Waals surface area (Å²) in [6.07, 6.45) is 1.08. The number of benzene rings is 2. The van der Waals surface area contributed by atoms with Crippen LogP contribution in [-0.4, -0.2) is 33.3 Å². The molecule has 9 nitrogen and oxygen atoms in total. The average molecular weight is 533 g/mol. The van der Waals surface area contributed by atoms with Crippen LogP contribution in [0.5, 0.6) is 0 Å². The van der Waals surface area contributed by atoms with Crippen molar-refractivity contribution in [3.05, 3.63) is 92.3 Å². The fraction of sp³-hybridized carbons (Fsp3) is 0.250. The number of aromatic nitrogens is 2. The molecule has 0 aliphatic rings. The smallest absolute Gasteiger partial charge is 0.338 e. The van der Waals surface area contributed by atoms with E-state index in [4.69, 9.17) is 4.74 Å². The van der Waals surface area contributed by atoms with E-state index >= 15 is 0 Å². The zero-order valence-corrected chi connectivity index (χ0v) is 22.3. The van der Waals surface area contributed by atoms with Crippen molar-refractivity contribution >= 4 is 45.5 Å². The summed E-state index contributed by atoms with van der Waals surface area (Å²) in [5.74, 6) is -1.75. The second-order valence-corrected chi connectivity index (χ2v) is 9.97. The van der Waals surface area contributed by atoms with E-state index in [0.29, 0.717) is 23.5 Å². The normalized spacial score (nSPS) is 11.0. The lowest BCUT2D eigenvalue weighted by Gasteiger charge is -2.11. The van der Waals surface area contributed by atoms with Crippen molar-refractivity contribution in [2.75, 3.05) is 10.6 Å². The zero-order valence-electron chi connectivity index (χ0n) is 21.5. The fourth-order valence-corrected chi connectivity index (χ4v) is 4.90. The Hall–Kier alpha value is -4.31. The van der Waals surface area contributed by atoms with Gasteiger partial charge in [0.25, 0.3) is 17.4 Å². The van der Waals surface area contributed by atoms with Crippen molar-refractivity contribution in [3.63, 3.8) is 0 Å². The van der Waals surface area contributed by atoms with Gasteiger partial charge in [0.15, 0.2) is 4.96 Å². The lowest BCUT2D eigenvalue weighted by molar-refractivity contribution is 0.0377. The SMILES string of the molecule is CCCc1cc(=O)n2c(C(=O)Nc3cccc(C(=O)OC(C)C)c3)c(C(=O)Nc3ccccc3C)sc2n1. The number of ether oxygens (including phenoxy) is 1. The summed E-state index contributed by atoms with van der Waals surface area (Å²) in [6, 6.07) is 14.9. The Bertz CT molecular complexity index is 1590. The first kappa shape index (κ1) is 26.7. The van der Waals surface area contributed by atoms with Gasteiger partial charge < -0.3 is 15.4 Å². The highest BCUT2D eigenvalue weighted by Crippen LogP contribution is 2.25. The molecule has 0 radical (unpaired) electrons. The minimum atomic E-state index is -0.687. The largest absolute Gasteiger partial charge is 0.459 e. The number of fused-ring (bicyclic) bond motifs is 1. The van der Waals surface area contributed by atoms with E-state index in [-0.39, 0.29) is 27.2 Å². The lowest BCUT2D eigenvalue weighted by Crippen LogP contribution is -2.25. The predicted octanol–water partition coefficient (Wildman–Crippen LogP) is 5.09. The van der Waals surface area contributed by atoms with Gasteiger partial charge in [0.1, 0.15) is 10.6 Å². The molecule has 196 valence electrons. The molecule has 0 aliphatic carbocycles. The monoisotopic (exact) mass is 532 g/mol. The quantitative estimate of drug-likeness (QED) is 0.305. The van der Waals surface area contributed by atoms with Gasteiger partial charge in [-0.2, -0.15) is 0 Å². The number of anilines is 2. The molecule has 4 aromatic rings. The molecular weight excluding hydrogens is 504 g/mol. The number of esters is 1. The first-order valence-electron chi connectivity index (χ1n) is 12.2. The Balaban J connectivity index is 1.76. The summed E-state index contributed by atoms with van der Waals surface area (Å²) in [7, 11) is 0. The van der Waals surface area contributed by atoms with Crippen LogP contribution in [0.1, 0.15) is 69.0 Å². The Morgan fingerprint density at radius 3 is 2.50 bits per heavy atom. The molecule has 4 rings (SSSR count). The third kappa shape index (κ3) is 5.81. The Labute approximate surface area is 223 Å². The summed E-state index contributed by atoms with van der Waals surface area (Å²) in [4.78, 5) is 57.2. The van der Waals surface area contributed by atoms with Gasteiger partial charge in [0, 0.05) is 23.1 Å². The number of para-hydroxylation sites is 1. The van der Waals surface area contributed by atoms with Crippen LogP contribution in [0.2, 0.25) is 0 Å². The third-order valence-electron chi connectivity index (χ3n) is 5.59. The summed E-state index contributed by atoms with van der Waals surface area (Å²) in [5.41, 5.74) is 2.00. The Kier molecular flexibility index (Phi) is 8.02. The molecule has 0 atom stereocenters. The van der Waals surface area contributed by atoms with E-state index in [0.717, 1.165) is 27.7 Å². The number of carbonyl (C=O) groups excluding carboxylic acids is 3. The van der Waals surface area contributed by atoms with Crippen LogP contribution < -0.4 is 16.2 Å². The molecule has 0 spiro atoms. The molecule has 0 aliphatic heterocycles. The van der Waals surface area contributed by atoms with Gasteiger partial charge >= 0.3 is 5.97 Å². The second kappa shape index (κ2) is 11.4. The van der Waals surface area contributed by atoms with Crippen LogP contribution in [0.4, 0.5) is 11.4 Å². The molecule has 2 aromatic carbocycles. The number of carbonyl (C=O) groups is 3. The van der Waals surface area contributed by atoms with Gasteiger partial charge in [0.05, 0.1) is 11.7 Å². The molecule has 38 heavy (non-hydrogen) atoms. The topological polar surface area (TPSA) is 119 Å². The second-order valence-electron chi connectivity index (χ2n) is 8.99. The molecule has 0 saturated carbocycles. The highest BCUT2D eigenvalue weighted by molar-refractivity contribution is 7.19. The number of hydrogen-bond acceptors (Lipinski definition) is 7. The summed E-state index contributed by atoms with van der Waals surface area (Å²) in [5, 5.41) is 5.55. The summed E-state index contributed by atoms with van der Waals surface area (Å²) < 4.78 is 6.39. The molecular formula is C28H28N4O5S. The number of rotatable bonds is 8. The molecule has 0 saturated heterocycles. The first-order chi connectivity index (χ1) is 18.2. The van der Waals surface area contributed by atoms with Crippen molar-refractivity contribution in [1.29, 1.82) is 0 Å². The minimum absolute atomic E-state index is 0.0411. The molecule has 0 fully saturated rings. The fourth-order valence-electron chi connectivity index (χ4n) is 3.85.